The van der Waals surface area contributed by atoms with Gasteiger partial charge < -0.3 is 15.0 Å². The molecule has 1 aliphatic carbocycles. The van der Waals surface area contributed by atoms with E-state index in [9.17, 15) is 14.4 Å². The van der Waals surface area contributed by atoms with Gasteiger partial charge in [-0.3, -0.25) is 14.6 Å². The fraction of sp³-hybridized carbons (Fsp3) is 0.593. The van der Waals surface area contributed by atoms with Crippen LogP contribution in [0.1, 0.15) is 55.3 Å². The molecule has 8 heteroatoms. The molecule has 2 fully saturated rings. The maximum atomic E-state index is 13.3. The van der Waals surface area contributed by atoms with Crippen molar-refractivity contribution in [3.05, 3.63) is 46.2 Å². The second-order valence-electron chi connectivity index (χ2n) is 9.97. The maximum Gasteiger partial charge on any atom is 0.338 e. The third-order valence-corrected chi connectivity index (χ3v) is 7.55. The lowest BCUT2D eigenvalue weighted by atomic mass is 9.84. The van der Waals surface area contributed by atoms with Crippen molar-refractivity contribution in [2.75, 3.05) is 46.4 Å². The summed E-state index contributed by atoms with van der Waals surface area (Å²) in [4.78, 5) is 44.9. The van der Waals surface area contributed by atoms with E-state index in [1.807, 2.05) is 36.9 Å². The van der Waals surface area contributed by atoms with Crippen molar-refractivity contribution >= 4 is 17.9 Å². The Balaban J connectivity index is 1.63. The van der Waals surface area contributed by atoms with Crippen LogP contribution in [0.4, 0.5) is 4.79 Å². The van der Waals surface area contributed by atoms with E-state index < -0.39 is 12.0 Å². The van der Waals surface area contributed by atoms with E-state index in [0.29, 0.717) is 30.9 Å². The van der Waals surface area contributed by atoms with E-state index in [4.69, 9.17) is 4.74 Å². The summed E-state index contributed by atoms with van der Waals surface area (Å²) in [6, 6.07) is 5.25. The van der Waals surface area contributed by atoms with Crippen molar-refractivity contribution in [3.63, 3.8) is 0 Å². The highest BCUT2D eigenvalue weighted by Gasteiger charge is 2.38. The Kier molecular flexibility index (Phi) is 7.79. The van der Waals surface area contributed by atoms with Crippen molar-refractivity contribution in [3.8, 4) is 0 Å². The van der Waals surface area contributed by atoms with Crippen LogP contribution in [0.5, 0.6) is 0 Å². The highest BCUT2D eigenvalue weighted by atomic mass is 16.5. The summed E-state index contributed by atoms with van der Waals surface area (Å²) >= 11 is 0. The van der Waals surface area contributed by atoms with Crippen molar-refractivity contribution < 1.29 is 19.1 Å². The van der Waals surface area contributed by atoms with Gasteiger partial charge in [0.25, 0.3) is 0 Å². The molecule has 1 atom stereocenters. The number of aryl methyl sites for hydroxylation is 2. The van der Waals surface area contributed by atoms with E-state index in [2.05, 4.69) is 10.2 Å². The molecule has 8 nitrogen and oxygen atoms in total. The average Bonchev–Trinajstić information content (AvgIpc) is 3.03. The Hall–Kier alpha value is -2.87. The van der Waals surface area contributed by atoms with Gasteiger partial charge in [0.15, 0.2) is 0 Å². The Bertz CT molecular complexity index is 1020. The maximum absolute atomic E-state index is 13.3. The highest BCUT2D eigenvalue weighted by molar-refractivity contribution is 5.95. The first-order chi connectivity index (χ1) is 16.8. The van der Waals surface area contributed by atoms with E-state index in [0.717, 1.165) is 55.5 Å². The Morgan fingerprint density at radius 2 is 1.86 bits per heavy atom. The van der Waals surface area contributed by atoms with Gasteiger partial charge in [-0.25, -0.2) is 9.59 Å². The number of nitrogens with zero attached hydrogens (tertiary/aromatic N) is 3. The second kappa shape index (κ2) is 10.8. The fourth-order valence-electron chi connectivity index (χ4n) is 5.18. The van der Waals surface area contributed by atoms with Crippen molar-refractivity contribution in [2.45, 2.75) is 52.5 Å². The third-order valence-electron chi connectivity index (χ3n) is 7.55. The highest BCUT2D eigenvalue weighted by Crippen LogP contribution is 2.34. The van der Waals surface area contributed by atoms with Crippen molar-refractivity contribution in [1.29, 1.82) is 0 Å². The number of ether oxygens (including phenoxy) is 1. The number of urea groups is 1. The quantitative estimate of drug-likeness (QED) is 0.630. The van der Waals surface area contributed by atoms with Gasteiger partial charge >= 0.3 is 12.0 Å². The number of rotatable bonds is 6. The summed E-state index contributed by atoms with van der Waals surface area (Å²) in [6.07, 6.45) is 4.04. The third kappa shape index (κ3) is 5.37. The molecule has 3 amide bonds. The summed E-state index contributed by atoms with van der Waals surface area (Å²) in [5, 5.41) is 3.02. The summed E-state index contributed by atoms with van der Waals surface area (Å²) in [7, 11) is 1.70. The van der Waals surface area contributed by atoms with Gasteiger partial charge in [0.2, 0.25) is 5.91 Å². The summed E-state index contributed by atoms with van der Waals surface area (Å²) < 4.78 is 5.48. The first-order valence-electron chi connectivity index (χ1n) is 12.8. The first kappa shape index (κ1) is 25.2. The van der Waals surface area contributed by atoms with E-state index in [1.54, 1.807) is 14.0 Å². The number of benzene rings is 1. The summed E-state index contributed by atoms with van der Waals surface area (Å²) in [6.45, 7) is 9.44. The summed E-state index contributed by atoms with van der Waals surface area (Å²) in [5.74, 6) is 0.0803. The van der Waals surface area contributed by atoms with Gasteiger partial charge in [0.1, 0.15) is 0 Å². The van der Waals surface area contributed by atoms with Crippen LogP contribution in [-0.4, -0.2) is 79.0 Å². The minimum atomic E-state index is -0.573. The van der Waals surface area contributed by atoms with Gasteiger partial charge in [-0.05, 0) is 51.2 Å². The molecule has 3 aliphatic rings. The number of esters is 1. The molecular weight excluding hydrogens is 444 g/mol. The van der Waals surface area contributed by atoms with Gasteiger partial charge in [0, 0.05) is 51.4 Å². The Morgan fingerprint density at radius 1 is 1.09 bits per heavy atom. The van der Waals surface area contributed by atoms with Gasteiger partial charge in [-0.2, -0.15) is 0 Å². The Morgan fingerprint density at radius 3 is 2.54 bits per heavy atom. The molecule has 0 spiro atoms. The lowest BCUT2D eigenvalue weighted by molar-refractivity contribution is -0.139. The molecule has 1 saturated heterocycles. The van der Waals surface area contributed by atoms with Crippen LogP contribution >= 0.6 is 0 Å². The number of hydrogen-bond donors (Lipinski definition) is 1. The molecular formula is C27H38N4O4. The van der Waals surface area contributed by atoms with Crippen LogP contribution in [0.3, 0.4) is 0 Å². The largest absolute Gasteiger partial charge is 0.463 e. The van der Waals surface area contributed by atoms with Gasteiger partial charge in [0.05, 0.1) is 18.2 Å². The molecule has 1 N–H and O–H groups in total. The zero-order valence-electron chi connectivity index (χ0n) is 21.4. The van der Waals surface area contributed by atoms with Crippen molar-refractivity contribution in [2.24, 2.45) is 5.92 Å². The molecule has 4 rings (SSSR count). The number of carbonyl (C=O) groups excluding carboxylic acids is 3. The topological polar surface area (TPSA) is 82.2 Å². The lowest BCUT2D eigenvalue weighted by Crippen LogP contribution is -2.49. The first-order valence-corrected chi connectivity index (χ1v) is 12.8. The SMILES string of the molecule is CCOC(=O)C1=C(CN2CCCN(C(=O)C3CCC3)CC2)N(C)C(=O)N[C@H]1c1cc(C)ccc1C. The minimum absolute atomic E-state index is 0.200. The molecule has 0 radical (unpaired) electrons. The molecule has 35 heavy (non-hydrogen) atoms. The Labute approximate surface area is 208 Å². The molecule has 2 aliphatic heterocycles. The number of carbonyl (C=O) groups is 3. The van der Waals surface area contributed by atoms with Crippen LogP contribution in [0.15, 0.2) is 29.5 Å². The molecule has 1 saturated carbocycles. The number of amides is 3. The zero-order chi connectivity index (χ0) is 25.1. The molecule has 0 aromatic heterocycles. The predicted molar refractivity (Wildman–Crippen MR) is 134 cm³/mol. The van der Waals surface area contributed by atoms with Crippen molar-refractivity contribution in [1.82, 2.24) is 20.0 Å². The molecule has 0 bridgehead atoms. The average molecular weight is 483 g/mol. The van der Waals surface area contributed by atoms with Crippen LogP contribution < -0.4 is 5.32 Å². The smallest absolute Gasteiger partial charge is 0.338 e. The predicted octanol–water partition coefficient (Wildman–Crippen LogP) is 3.15. The van der Waals surface area contributed by atoms with E-state index in [1.165, 1.54) is 4.90 Å². The lowest BCUT2D eigenvalue weighted by Gasteiger charge is -2.37. The number of nitrogens with one attached hydrogen (secondary N) is 1. The van der Waals surface area contributed by atoms with Crippen LogP contribution in [0, 0.1) is 19.8 Å². The molecule has 2 heterocycles. The van der Waals surface area contributed by atoms with Gasteiger partial charge in [-0.15, -0.1) is 0 Å². The van der Waals surface area contributed by atoms with E-state index >= 15 is 0 Å². The molecule has 1 aromatic carbocycles. The summed E-state index contributed by atoms with van der Waals surface area (Å²) in [5.41, 5.74) is 4.12. The zero-order valence-corrected chi connectivity index (χ0v) is 21.4. The van der Waals surface area contributed by atoms with E-state index in [-0.39, 0.29) is 24.5 Å². The fourth-order valence-corrected chi connectivity index (χ4v) is 5.18. The molecule has 0 unspecified atom stereocenters. The standard InChI is InChI=1S/C27H38N4O4/c1-5-35-26(33)23-22(17-30-12-7-13-31(15-14-30)25(32)20-8-6-9-20)29(4)27(34)28-24(23)21-16-18(2)10-11-19(21)3/h10-11,16,20,24H,5-9,12-15,17H2,1-4H3,(H,28,34)/t24-/m0/s1. The van der Waals surface area contributed by atoms with Crippen LogP contribution in [0.2, 0.25) is 0 Å². The van der Waals surface area contributed by atoms with Crippen LogP contribution in [-0.2, 0) is 14.3 Å². The molecule has 190 valence electrons. The second-order valence-corrected chi connectivity index (χ2v) is 9.97. The molecule has 1 aromatic rings. The normalized spacial score (nSPS) is 21.9. The van der Waals surface area contributed by atoms with Crippen LogP contribution in [0.25, 0.3) is 0 Å². The number of hydrogen-bond acceptors (Lipinski definition) is 5. The number of likely N-dealkylation sites (N-methyl/N-ethyl adjacent to an activating group) is 1. The minimum Gasteiger partial charge on any atom is -0.463 e. The monoisotopic (exact) mass is 482 g/mol. The van der Waals surface area contributed by atoms with Gasteiger partial charge in [-0.1, -0.05) is 30.2 Å².